The highest BCUT2D eigenvalue weighted by Crippen LogP contribution is 2.54. The van der Waals surface area contributed by atoms with Crippen LogP contribution in [0.2, 0.25) is 0 Å². The Morgan fingerprint density at radius 1 is 0.769 bits per heavy atom. The van der Waals surface area contributed by atoms with Crippen molar-refractivity contribution in [2.45, 2.75) is 194 Å². The Kier molecular flexibility index (Phi) is 9.89. The summed E-state index contributed by atoms with van der Waals surface area (Å²) in [6, 6.07) is 0. The quantitative estimate of drug-likeness (QED) is 0.324. The molecule has 10 heterocycles. The average Bonchev–Trinajstić information content (AvgIpc) is 3.70. The predicted molar refractivity (Wildman–Crippen MR) is 181 cm³/mol. The molecule has 0 aromatic rings. The first-order valence-corrected chi connectivity index (χ1v) is 19.8. The van der Waals surface area contributed by atoms with Crippen molar-refractivity contribution in [3.8, 4) is 0 Å². The van der Waals surface area contributed by atoms with E-state index in [0.29, 0.717) is 32.1 Å². The van der Waals surface area contributed by atoms with E-state index in [0.717, 1.165) is 43.3 Å². The van der Waals surface area contributed by atoms with Gasteiger partial charge < -0.3 is 57.6 Å². The van der Waals surface area contributed by atoms with Gasteiger partial charge in [-0.3, -0.25) is 4.79 Å². The van der Waals surface area contributed by atoms with Gasteiger partial charge in [-0.2, -0.15) is 0 Å². The highest BCUT2D eigenvalue weighted by molar-refractivity contribution is 5.70. The fraction of sp³-hybridized carbons (Fsp3) is 0.872. The zero-order valence-corrected chi connectivity index (χ0v) is 30.4. The van der Waals surface area contributed by atoms with Gasteiger partial charge in [-0.15, -0.1) is 0 Å². The monoisotopic (exact) mass is 732 g/mol. The number of methoxy groups -OCH3 is 1. The summed E-state index contributed by atoms with van der Waals surface area (Å²) in [7, 11) is 1.49. The van der Waals surface area contributed by atoms with Crippen molar-refractivity contribution < 1.29 is 62.4 Å². The molecule has 290 valence electrons. The van der Waals surface area contributed by atoms with E-state index in [4.69, 9.17) is 47.4 Å². The maximum Gasteiger partial charge on any atom is 0.308 e. The van der Waals surface area contributed by atoms with Gasteiger partial charge in [-0.25, -0.2) is 0 Å². The maximum atomic E-state index is 13.8. The van der Waals surface area contributed by atoms with Crippen molar-refractivity contribution in [1.29, 1.82) is 0 Å². The summed E-state index contributed by atoms with van der Waals surface area (Å²) in [6.07, 6.45) is 0.205. The molecule has 0 aromatic carbocycles. The van der Waals surface area contributed by atoms with Crippen LogP contribution < -0.4 is 0 Å². The van der Waals surface area contributed by atoms with Gasteiger partial charge in [0, 0.05) is 33.0 Å². The molecule has 1 spiro atoms. The molecule has 10 aliphatic heterocycles. The van der Waals surface area contributed by atoms with Gasteiger partial charge in [0.15, 0.2) is 11.9 Å². The van der Waals surface area contributed by atoms with Crippen LogP contribution in [0.5, 0.6) is 0 Å². The van der Waals surface area contributed by atoms with Gasteiger partial charge in [0.1, 0.15) is 48.8 Å². The van der Waals surface area contributed by atoms with Crippen LogP contribution in [0.4, 0.5) is 0 Å². The fourth-order valence-electron chi connectivity index (χ4n) is 10.8. The lowest BCUT2D eigenvalue weighted by Crippen LogP contribution is -2.62. The molecule has 19 atom stereocenters. The summed E-state index contributed by atoms with van der Waals surface area (Å²) < 4.78 is 65.4. The minimum atomic E-state index is -1.11. The van der Waals surface area contributed by atoms with Crippen molar-refractivity contribution in [3.63, 3.8) is 0 Å². The Morgan fingerprint density at radius 3 is 2.35 bits per heavy atom. The van der Waals surface area contributed by atoms with E-state index in [9.17, 15) is 15.0 Å². The zero-order valence-electron chi connectivity index (χ0n) is 30.4. The van der Waals surface area contributed by atoms with Crippen LogP contribution >= 0.6 is 0 Å². The highest BCUT2D eigenvalue weighted by atomic mass is 16.8. The van der Waals surface area contributed by atoms with E-state index >= 15 is 0 Å². The van der Waals surface area contributed by atoms with E-state index in [1.165, 1.54) is 7.11 Å². The van der Waals surface area contributed by atoms with Crippen LogP contribution in [-0.4, -0.2) is 139 Å². The minimum absolute atomic E-state index is 0.00339. The van der Waals surface area contributed by atoms with Crippen molar-refractivity contribution in [3.05, 3.63) is 24.3 Å². The molecular formula is C39H56O13. The van der Waals surface area contributed by atoms with Gasteiger partial charge in [0.25, 0.3) is 0 Å². The third-order valence-electron chi connectivity index (χ3n) is 13.5. The van der Waals surface area contributed by atoms with E-state index in [1.807, 2.05) is 0 Å². The molecule has 0 radical (unpaired) electrons. The molecule has 1 unspecified atom stereocenters. The topological polar surface area (TPSA) is 150 Å². The van der Waals surface area contributed by atoms with E-state index < -0.39 is 60.6 Å². The number of hydrogen-bond donors (Lipinski definition) is 2. The van der Waals surface area contributed by atoms with Gasteiger partial charge in [0.2, 0.25) is 0 Å². The number of ether oxygens (including phenoxy) is 10. The molecule has 52 heavy (non-hydrogen) atoms. The maximum absolute atomic E-state index is 13.8. The summed E-state index contributed by atoms with van der Waals surface area (Å²) in [5, 5.41) is 21.1. The molecular weight excluding hydrogens is 676 g/mol. The van der Waals surface area contributed by atoms with Crippen LogP contribution in [0.15, 0.2) is 24.3 Å². The van der Waals surface area contributed by atoms with Crippen LogP contribution in [-0.2, 0) is 52.2 Å². The Hall–Kier alpha value is -1.49. The molecule has 0 aliphatic carbocycles. The molecule has 10 aliphatic rings. The number of carbonyl (C=O) groups excluding carboxylic acids is 1. The number of carbonyl (C=O) groups is 1. The van der Waals surface area contributed by atoms with Crippen molar-refractivity contribution in [2.24, 2.45) is 5.92 Å². The smallest absolute Gasteiger partial charge is 0.308 e. The Balaban J connectivity index is 1.00. The lowest BCUT2D eigenvalue weighted by molar-refractivity contribution is -0.293. The third-order valence-corrected chi connectivity index (χ3v) is 13.5. The van der Waals surface area contributed by atoms with Gasteiger partial charge in [0.05, 0.1) is 55.3 Å². The predicted octanol–water partition coefficient (Wildman–Crippen LogP) is 2.81. The summed E-state index contributed by atoms with van der Waals surface area (Å²) in [5.74, 6) is -1.09. The van der Waals surface area contributed by atoms with Crippen LogP contribution in [0.25, 0.3) is 0 Å². The number of esters is 1. The first kappa shape index (κ1) is 36.2. The highest BCUT2D eigenvalue weighted by Gasteiger charge is 2.68. The van der Waals surface area contributed by atoms with Crippen LogP contribution in [0, 0.1) is 5.92 Å². The van der Waals surface area contributed by atoms with Crippen molar-refractivity contribution in [1.82, 2.24) is 0 Å². The number of aliphatic hydroxyl groups is 2. The third kappa shape index (κ3) is 6.43. The number of fused-ring (bicyclic) bond motifs is 6. The summed E-state index contributed by atoms with van der Waals surface area (Å²) in [6.45, 7) is 10.8. The SMILES string of the molecule is C=C1C[C@@H]2CC[C@@]34C[C@H]5O[C@@H]6C(O[C@H]7CC[C@H](CC(=O)O[C@@H]8[C@@H](OC)[C@@H](O)[C@H](CCO)O[C@H]8C[C@H]8O[C@@H](CC[C@@H]1O2)C[C@@H](C)C8=C)O[C@@H]7[C@@H]6O3)[C@H]5O4. The first-order valence-electron chi connectivity index (χ1n) is 19.8. The molecule has 10 saturated heterocycles. The first-order chi connectivity index (χ1) is 25.1. The number of rotatable bonds is 3. The second-order valence-electron chi connectivity index (χ2n) is 16.9. The molecule has 13 nitrogen and oxygen atoms in total. The molecule has 12 bridgehead atoms. The second kappa shape index (κ2) is 14.2. The molecule has 2 N–H and O–H groups in total. The van der Waals surface area contributed by atoms with Gasteiger partial charge >= 0.3 is 5.97 Å². The van der Waals surface area contributed by atoms with E-state index in [1.54, 1.807) is 0 Å². The minimum Gasteiger partial charge on any atom is -0.457 e. The molecule has 0 amide bonds. The largest absolute Gasteiger partial charge is 0.457 e. The van der Waals surface area contributed by atoms with Crippen LogP contribution in [0.1, 0.15) is 84.0 Å². The summed E-state index contributed by atoms with van der Waals surface area (Å²) in [5.41, 5.74) is 2.07. The second-order valence-corrected chi connectivity index (χ2v) is 16.9. The van der Waals surface area contributed by atoms with Crippen LogP contribution in [0.3, 0.4) is 0 Å². The van der Waals surface area contributed by atoms with Crippen molar-refractivity contribution in [2.75, 3.05) is 13.7 Å². The molecule has 10 rings (SSSR count). The lowest BCUT2D eigenvalue weighted by atomic mass is 9.83. The molecule has 10 fully saturated rings. The van der Waals surface area contributed by atoms with Gasteiger partial charge in [-0.1, -0.05) is 20.1 Å². The normalized spacial score (nSPS) is 53.3. The molecule has 0 saturated carbocycles. The van der Waals surface area contributed by atoms with Gasteiger partial charge in [-0.05, 0) is 68.4 Å². The zero-order chi connectivity index (χ0) is 35.9. The summed E-state index contributed by atoms with van der Waals surface area (Å²) >= 11 is 0. The Bertz CT molecular complexity index is 1380. The van der Waals surface area contributed by atoms with Crippen molar-refractivity contribution >= 4 is 5.97 Å². The molecule has 13 heteroatoms. The number of aliphatic hydroxyl groups excluding tert-OH is 2. The standard InChI is InChI=1S/C39H56O13/c1-18-13-21-5-7-24-19(2)14-23(44-24)9-11-39-17-29-34(51-39)36-37(49-29)38(52-39)32-26(48-36)8-6-22(46-32)15-30(41)50-33-28(16-27(45-21)20(18)3)47-25(10-12-40)31(42)35(33)43-4/h18,21-29,31-38,40,42H,2-3,5-17H2,1,4H3/t18-,21+,22-,23+,24+,25+,26+,27-,28+,29-,31+,32+,33+,34+,35+,36?,37-,38+,39+/m1/s1. The summed E-state index contributed by atoms with van der Waals surface area (Å²) in [4.78, 5) is 13.8. The lowest BCUT2D eigenvalue weighted by Gasteiger charge is -2.47. The number of hydrogen-bond acceptors (Lipinski definition) is 13. The Morgan fingerprint density at radius 2 is 1.52 bits per heavy atom. The fourth-order valence-corrected chi connectivity index (χ4v) is 10.8. The van der Waals surface area contributed by atoms with E-state index in [-0.39, 0.29) is 80.3 Å². The molecule has 0 aromatic heterocycles. The van der Waals surface area contributed by atoms with E-state index in [2.05, 4.69) is 20.1 Å². The Labute approximate surface area is 305 Å². The average molecular weight is 733 g/mol.